The molecule has 168 valence electrons. The van der Waals surface area contributed by atoms with Gasteiger partial charge in [-0.3, -0.25) is 19.7 Å². The molecule has 3 aromatic rings. The van der Waals surface area contributed by atoms with Crippen molar-refractivity contribution in [3.8, 4) is 5.75 Å². The van der Waals surface area contributed by atoms with Crippen LogP contribution in [0.5, 0.6) is 5.75 Å². The van der Waals surface area contributed by atoms with Gasteiger partial charge in [0.15, 0.2) is 6.61 Å². The van der Waals surface area contributed by atoms with Crippen LogP contribution >= 0.6 is 11.6 Å². The Morgan fingerprint density at radius 1 is 1.09 bits per heavy atom. The summed E-state index contributed by atoms with van der Waals surface area (Å²) in [5.41, 5.74) is 4.79. The number of nitro benzene ring substituents is 1. The molecule has 0 spiro atoms. The lowest BCUT2D eigenvalue weighted by atomic mass is 10.2. The van der Waals surface area contributed by atoms with Crippen LogP contribution in [0.4, 0.5) is 11.4 Å². The van der Waals surface area contributed by atoms with Crippen LogP contribution in [0.15, 0.2) is 71.8 Å². The number of anilines is 1. The molecular weight excluding hydrogens is 448 g/mol. The molecule has 0 aliphatic carbocycles. The van der Waals surface area contributed by atoms with Gasteiger partial charge in [0.05, 0.1) is 16.2 Å². The summed E-state index contributed by atoms with van der Waals surface area (Å²) >= 11 is 6.21. The van der Waals surface area contributed by atoms with Crippen LogP contribution in [0.3, 0.4) is 0 Å². The van der Waals surface area contributed by atoms with E-state index in [1.807, 2.05) is 19.1 Å². The van der Waals surface area contributed by atoms with Gasteiger partial charge >= 0.3 is 0 Å². The van der Waals surface area contributed by atoms with Gasteiger partial charge < -0.3 is 10.1 Å². The molecule has 10 heteroatoms. The van der Waals surface area contributed by atoms with Gasteiger partial charge in [-0.25, -0.2) is 5.43 Å². The predicted molar refractivity (Wildman–Crippen MR) is 125 cm³/mol. The van der Waals surface area contributed by atoms with E-state index in [0.29, 0.717) is 17.0 Å². The number of hydrazone groups is 1. The third-order valence-corrected chi connectivity index (χ3v) is 4.67. The number of hydrogen-bond acceptors (Lipinski definition) is 6. The molecule has 9 nitrogen and oxygen atoms in total. The van der Waals surface area contributed by atoms with Gasteiger partial charge in [0, 0.05) is 23.4 Å². The number of benzene rings is 3. The number of carbonyl (C=O) groups excluding carboxylic acids is 2. The SMILES string of the molecule is Cc1ccc(NC(=O)COc2ccc(/C=N/NC(=O)c3ccc([N+](=O)[O-])cc3)cc2Cl)cc1. The Kier molecular flexibility index (Phi) is 7.72. The van der Waals surface area contributed by atoms with Crippen LogP contribution in [0.2, 0.25) is 5.02 Å². The van der Waals surface area contributed by atoms with Gasteiger partial charge in [-0.15, -0.1) is 0 Å². The summed E-state index contributed by atoms with van der Waals surface area (Å²) in [5, 5.41) is 17.5. The van der Waals surface area contributed by atoms with Crippen molar-refractivity contribution >= 4 is 41.0 Å². The lowest BCUT2D eigenvalue weighted by molar-refractivity contribution is -0.384. The lowest BCUT2D eigenvalue weighted by Crippen LogP contribution is -2.20. The summed E-state index contributed by atoms with van der Waals surface area (Å²) in [6, 6.07) is 17.3. The van der Waals surface area contributed by atoms with Crippen LogP contribution in [0, 0.1) is 17.0 Å². The molecule has 3 rings (SSSR count). The fraction of sp³-hybridized carbons (Fsp3) is 0.0870. The molecule has 2 amide bonds. The Hall–Kier alpha value is -4.24. The molecule has 0 saturated heterocycles. The van der Waals surface area contributed by atoms with Crippen molar-refractivity contribution in [2.24, 2.45) is 5.10 Å². The molecule has 0 atom stereocenters. The molecule has 0 heterocycles. The van der Waals surface area contributed by atoms with E-state index >= 15 is 0 Å². The number of halogens is 1. The highest BCUT2D eigenvalue weighted by Gasteiger charge is 2.09. The minimum absolute atomic E-state index is 0.111. The molecule has 0 saturated carbocycles. The van der Waals surface area contributed by atoms with Gasteiger partial charge in [-0.05, 0) is 55.0 Å². The normalized spacial score (nSPS) is 10.6. The van der Waals surface area contributed by atoms with E-state index < -0.39 is 10.8 Å². The molecular formula is C23H19ClN4O5. The van der Waals surface area contributed by atoms with Crippen LogP contribution in [-0.2, 0) is 4.79 Å². The molecule has 0 fully saturated rings. The maximum Gasteiger partial charge on any atom is 0.271 e. The predicted octanol–water partition coefficient (Wildman–Crippen LogP) is 4.34. The van der Waals surface area contributed by atoms with Crippen molar-refractivity contribution < 1.29 is 19.2 Å². The van der Waals surface area contributed by atoms with Gasteiger partial charge in [0.1, 0.15) is 5.75 Å². The molecule has 0 bridgehead atoms. The number of aryl methyl sites for hydroxylation is 1. The van der Waals surface area contributed by atoms with Crippen LogP contribution in [0.1, 0.15) is 21.5 Å². The minimum atomic E-state index is -0.548. The highest BCUT2D eigenvalue weighted by Crippen LogP contribution is 2.25. The second kappa shape index (κ2) is 10.9. The highest BCUT2D eigenvalue weighted by atomic mass is 35.5. The van der Waals surface area contributed by atoms with Crippen molar-refractivity contribution in [1.82, 2.24) is 5.43 Å². The number of amides is 2. The van der Waals surface area contributed by atoms with Crippen LogP contribution < -0.4 is 15.5 Å². The number of nitrogens with one attached hydrogen (secondary N) is 2. The number of carbonyl (C=O) groups is 2. The van der Waals surface area contributed by atoms with E-state index in [1.54, 1.807) is 30.3 Å². The van der Waals surface area contributed by atoms with E-state index in [-0.39, 0.29) is 28.8 Å². The molecule has 3 aromatic carbocycles. The van der Waals surface area contributed by atoms with Crippen LogP contribution in [0.25, 0.3) is 0 Å². The largest absolute Gasteiger partial charge is 0.482 e. The fourth-order valence-electron chi connectivity index (χ4n) is 2.66. The first-order chi connectivity index (χ1) is 15.8. The Morgan fingerprint density at radius 3 is 2.42 bits per heavy atom. The first-order valence-corrected chi connectivity index (χ1v) is 10.1. The third-order valence-electron chi connectivity index (χ3n) is 4.37. The Morgan fingerprint density at radius 2 is 1.79 bits per heavy atom. The summed E-state index contributed by atoms with van der Waals surface area (Å²) in [4.78, 5) is 34.2. The summed E-state index contributed by atoms with van der Waals surface area (Å²) in [6.07, 6.45) is 1.38. The van der Waals surface area contributed by atoms with Crippen LogP contribution in [-0.4, -0.2) is 29.6 Å². The molecule has 33 heavy (non-hydrogen) atoms. The second-order valence-electron chi connectivity index (χ2n) is 6.90. The average molecular weight is 467 g/mol. The zero-order chi connectivity index (χ0) is 23.8. The van der Waals surface area contributed by atoms with E-state index in [9.17, 15) is 19.7 Å². The Balaban J connectivity index is 1.51. The van der Waals surface area contributed by atoms with Gasteiger partial charge in [0.25, 0.3) is 17.5 Å². The molecule has 0 aliphatic heterocycles. The zero-order valence-corrected chi connectivity index (χ0v) is 18.2. The number of rotatable bonds is 8. The van der Waals surface area contributed by atoms with Crippen molar-refractivity contribution in [3.05, 3.63) is 98.6 Å². The Labute approximate surface area is 194 Å². The maximum absolute atomic E-state index is 12.1. The first kappa shape index (κ1) is 23.4. The quantitative estimate of drug-likeness (QED) is 0.290. The van der Waals surface area contributed by atoms with Gasteiger partial charge in [-0.2, -0.15) is 5.10 Å². The van der Waals surface area contributed by atoms with E-state index in [2.05, 4.69) is 15.8 Å². The smallest absolute Gasteiger partial charge is 0.271 e. The zero-order valence-electron chi connectivity index (χ0n) is 17.4. The number of non-ortho nitro benzene ring substituents is 1. The van der Waals surface area contributed by atoms with Crippen molar-refractivity contribution in [2.45, 2.75) is 6.92 Å². The first-order valence-electron chi connectivity index (χ1n) is 9.68. The highest BCUT2D eigenvalue weighted by molar-refractivity contribution is 6.32. The van der Waals surface area contributed by atoms with E-state index in [0.717, 1.165) is 5.56 Å². The topological polar surface area (TPSA) is 123 Å². The monoisotopic (exact) mass is 466 g/mol. The standard InChI is InChI=1S/C23H19ClN4O5/c1-15-2-7-18(8-3-15)26-22(29)14-33-21-11-4-16(12-20(21)24)13-25-27-23(30)17-5-9-19(10-6-17)28(31)32/h2-13H,14H2,1H3,(H,26,29)(H,27,30)/b25-13+. The van der Waals surface area contributed by atoms with E-state index in [1.165, 1.54) is 30.5 Å². The third kappa shape index (κ3) is 6.88. The summed E-state index contributed by atoms with van der Waals surface area (Å²) in [7, 11) is 0. The maximum atomic E-state index is 12.1. The second-order valence-corrected chi connectivity index (χ2v) is 7.30. The average Bonchev–Trinajstić information content (AvgIpc) is 2.80. The summed E-state index contributed by atoms with van der Waals surface area (Å²) < 4.78 is 5.47. The molecule has 0 aliphatic rings. The van der Waals surface area contributed by atoms with Crippen molar-refractivity contribution in [1.29, 1.82) is 0 Å². The number of ether oxygens (including phenoxy) is 1. The Bertz CT molecular complexity index is 1190. The van der Waals surface area contributed by atoms with Gasteiger partial charge in [-0.1, -0.05) is 29.3 Å². The number of nitrogens with zero attached hydrogens (tertiary/aromatic N) is 2. The molecule has 0 aromatic heterocycles. The van der Waals surface area contributed by atoms with E-state index in [4.69, 9.17) is 16.3 Å². The summed E-state index contributed by atoms with van der Waals surface area (Å²) in [6.45, 7) is 1.74. The van der Waals surface area contributed by atoms with Crippen molar-refractivity contribution in [3.63, 3.8) is 0 Å². The summed E-state index contributed by atoms with van der Waals surface area (Å²) in [5.74, 6) is -0.524. The number of nitro groups is 1. The minimum Gasteiger partial charge on any atom is -0.482 e. The molecule has 2 N–H and O–H groups in total. The lowest BCUT2D eigenvalue weighted by Gasteiger charge is -2.09. The molecule has 0 radical (unpaired) electrons. The van der Waals surface area contributed by atoms with Crippen molar-refractivity contribution in [2.75, 3.05) is 11.9 Å². The molecule has 0 unspecified atom stereocenters. The fourth-order valence-corrected chi connectivity index (χ4v) is 2.90. The van der Waals surface area contributed by atoms with Gasteiger partial charge in [0.2, 0.25) is 0 Å². The number of hydrogen-bond donors (Lipinski definition) is 2.